The van der Waals surface area contributed by atoms with Gasteiger partial charge in [0.15, 0.2) is 0 Å². The Morgan fingerprint density at radius 1 is 1.42 bits per heavy atom. The van der Waals surface area contributed by atoms with Crippen molar-refractivity contribution in [1.82, 2.24) is 10.6 Å². The largest absolute Gasteiger partial charge is 0.440 e. The lowest BCUT2D eigenvalue weighted by Gasteiger charge is -2.33. The lowest BCUT2D eigenvalue weighted by Crippen LogP contribution is -2.70. The van der Waals surface area contributed by atoms with E-state index in [1.807, 2.05) is 5.32 Å². The maximum Gasteiger partial charge on any atom is 0.440 e. The summed E-state index contributed by atoms with van der Waals surface area (Å²) in [7, 11) is 0. The van der Waals surface area contributed by atoms with Gasteiger partial charge in [0.05, 0.1) is 0 Å². The smallest absolute Gasteiger partial charge is 0.360 e. The molecule has 0 spiro atoms. The second-order valence-electron chi connectivity index (χ2n) is 2.39. The van der Waals surface area contributed by atoms with Gasteiger partial charge in [-0.3, -0.25) is 10.1 Å². The van der Waals surface area contributed by atoms with Gasteiger partial charge in [-0.1, -0.05) is 0 Å². The van der Waals surface area contributed by atoms with Crippen LogP contribution in [0.2, 0.25) is 0 Å². The number of carbonyl (C=O) groups is 1. The maximum absolute atomic E-state index is 12.0. The van der Waals surface area contributed by atoms with Gasteiger partial charge in [0.25, 0.3) is 11.6 Å². The van der Waals surface area contributed by atoms with Crippen LogP contribution in [0.25, 0.3) is 0 Å². The highest BCUT2D eigenvalue weighted by Crippen LogP contribution is 2.28. The maximum atomic E-state index is 12.0. The number of hydrogen-bond donors (Lipinski definition) is 3. The topological polar surface area (TPSA) is 61.4 Å². The van der Waals surface area contributed by atoms with Gasteiger partial charge in [-0.2, -0.15) is 13.2 Å². The fourth-order valence-corrected chi connectivity index (χ4v) is 0.857. The molecule has 1 aliphatic heterocycles. The molecule has 0 aromatic carbocycles. The van der Waals surface area contributed by atoms with Crippen LogP contribution in [0.4, 0.5) is 13.2 Å². The second-order valence-corrected chi connectivity index (χ2v) is 2.39. The quantitative estimate of drug-likeness (QED) is 0.450. The van der Waals surface area contributed by atoms with Gasteiger partial charge in [-0.15, -0.1) is 0 Å². The number of halogens is 3. The Balaban J connectivity index is 2.87. The van der Waals surface area contributed by atoms with Crippen LogP contribution < -0.4 is 10.6 Å². The number of alkyl halides is 3. The molecule has 1 rings (SSSR count). The third kappa shape index (κ3) is 1.25. The zero-order valence-electron chi connectivity index (χ0n) is 5.90. The summed E-state index contributed by atoms with van der Waals surface area (Å²) in [6, 6.07) is 0. The minimum atomic E-state index is -4.99. The zero-order valence-corrected chi connectivity index (χ0v) is 5.90. The highest BCUT2D eigenvalue weighted by Gasteiger charge is 2.60. The van der Waals surface area contributed by atoms with Gasteiger partial charge in [-0.25, -0.2) is 0 Å². The molecule has 0 radical (unpaired) electrons. The van der Waals surface area contributed by atoms with Crippen molar-refractivity contribution in [2.24, 2.45) is 0 Å². The summed E-state index contributed by atoms with van der Waals surface area (Å²) in [6.45, 7) is -0.0288. The normalized spacial score (nSPS) is 31.5. The zero-order chi connectivity index (χ0) is 9.41. The molecule has 1 amide bonds. The SMILES string of the molecule is O=C1NCCNC1(O)C(F)(F)F. The molecule has 1 unspecified atom stereocenters. The van der Waals surface area contributed by atoms with E-state index in [1.54, 1.807) is 5.32 Å². The third-order valence-electron chi connectivity index (χ3n) is 1.53. The van der Waals surface area contributed by atoms with Crippen molar-refractivity contribution in [3.63, 3.8) is 0 Å². The van der Waals surface area contributed by atoms with Crippen LogP contribution in [-0.2, 0) is 4.79 Å². The van der Waals surface area contributed by atoms with Gasteiger partial charge in [0.1, 0.15) is 0 Å². The molecule has 1 aliphatic rings. The van der Waals surface area contributed by atoms with Gasteiger partial charge in [-0.05, 0) is 0 Å². The molecule has 0 aliphatic carbocycles. The first-order valence-corrected chi connectivity index (χ1v) is 3.20. The number of aliphatic hydroxyl groups is 1. The van der Waals surface area contributed by atoms with Crippen molar-refractivity contribution in [1.29, 1.82) is 0 Å². The standard InChI is InChI=1S/C5H7F3N2O2/c6-5(7,8)4(12)3(11)9-1-2-10-4/h10,12H,1-2H2,(H,9,11). The Kier molecular flexibility index (Phi) is 2.01. The number of piperazine rings is 1. The van der Waals surface area contributed by atoms with Crippen LogP contribution >= 0.6 is 0 Å². The van der Waals surface area contributed by atoms with Gasteiger partial charge in [0.2, 0.25) is 0 Å². The predicted octanol–water partition coefficient (Wildman–Crippen LogP) is -1.04. The summed E-state index contributed by atoms with van der Waals surface area (Å²) in [5.41, 5.74) is -3.43. The summed E-state index contributed by atoms with van der Waals surface area (Å²) >= 11 is 0. The molecule has 0 saturated carbocycles. The molecule has 0 aromatic heterocycles. The second kappa shape index (κ2) is 2.60. The fourth-order valence-electron chi connectivity index (χ4n) is 0.857. The van der Waals surface area contributed by atoms with Crippen LogP contribution in [0.5, 0.6) is 0 Å². The van der Waals surface area contributed by atoms with Crippen LogP contribution in [0.1, 0.15) is 0 Å². The molecular weight excluding hydrogens is 177 g/mol. The van der Waals surface area contributed by atoms with Gasteiger partial charge >= 0.3 is 6.18 Å². The van der Waals surface area contributed by atoms with Crippen molar-refractivity contribution in [2.45, 2.75) is 11.9 Å². The number of carbonyl (C=O) groups excluding carboxylic acids is 1. The molecular formula is C5H7F3N2O2. The molecule has 1 saturated heterocycles. The number of amides is 1. The Hall–Kier alpha value is -0.820. The summed E-state index contributed by atoms with van der Waals surface area (Å²) in [4.78, 5) is 10.6. The minimum absolute atomic E-state index is 0.0806. The van der Waals surface area contributed by atoms with E-state index in [1.165, 1.54) is 0 Å². The van der Waals surface area contributed by atoms with Crippen LogP contribution in [0.3, 0.4) is 0 Å². The van der Waals surface area contributed by atoms with Crippen molar-refractivity contribution >= 4 is 5.91 Å². The van der Waals surface area contributed by atoms with Crippen LogP contribution in [0.15, 0.2) is 0 Å². The fraction of sp³-hybridized carbons (Fsp3) is 0.800. The predicted molar refractivity (Wildman–Crippen MR) is 32.0 cm³/mol. The number of hydrogen-bond acceptors (Lipinski definition) is 3. The molecule has 4 nitrogen and oxygen atoms in total. The molecule has 1 atom stereocenters. The van der Waals surface area contributed by atoms with E-state index in [0.717, 1.165) is 0 Å². The first-order chi connectivity index (χ1) is 5.38. The van der Waals surface area contributed by atoms with E-state index in [-0.39, 0.29) is 13.1 Å². The number of nitrogens with one attached hydrogen (secondary N) is 2. The molecule has 70 valence electrons. The molecule has 1 fully saturated rings. The van der Waals surface area contributed by atoms with Crippen molar-refractivity contribution in [3.05, 3.63) is 0 Å². The van der Waals surface area contributed by atoms with E-state index in [2.05, 4.69) is 0 Å². The molecule has 7 heteroatoms. The van der Waals surface area contributed by atoms with E-state index in [9.17, 15) is 18.0 Å². The van der Waals surface area contributed by atoms with Gasteiger partial charge in [0, 0.05) is 13.1 Å². The Morgan fingerprint density at radius 3 is 2.33 bits per heavy atom. The average Bonchev–Trinajstić information content (AvgIpc) is 1.93. The Bertz CT molecular complexity index is 205. The summed E-state index contributed by atoms with van der Waals surface area (Å²) in [6.07, 6.45) is -4.99. The first-order valence-electron chi connectivity index (χ1n) is 3.20. The molecule has 3 N–H and O–H groups in total. The summed E-state index contributed by atoms with van der Waals surface area (Å²) < 4.78 is 36.0. The molecule has 12 heavy (non-hydrogen) atoms. The minimum Gasteiger partial charge on any atom is -0.360 e. The highest BCUT2D eigenvalue weighted by molar-refractivity contribution is 5.86. The average molecular weight is 184 g/mol. The van der Waals surface area contributed by atoms with Crippen LogP contribution in [-0.4, -0.2) is 36.0 Å². The molecule has 0 aromatic rings. The number of rotatable bonds is 0. The van der Waals surface area contributed by atoms with Crippen molar-refractivity contribution < 1.29 is 23.1 Å². The summed E-state index contributed by atoms with van der Waals surface area (Å²) in [5, 5.41) is 12.4. The van der Waals surface area contributed by atoms with Gasteiger partial charge < -0.3 is 10.4 Å². The summed E-state index contributed by atoms with van der Waals surface area (Å²) in [5.74, 6) is -1.46. The molecule has 0 bridgehead atoms. The Morgan fingerprint density at radius 2 is 2.00 bits per heavy atom. The lowest BCUT2D eigenvalue weighted by atomic mass is 10.1. The molecule has 1 heterocycles. The van der Waals surface area contributed by atoms with E-state index < -0.39 is 17.8 Å². The third-order valence-corrected chi connectivity index (χ3v) is 1.53. The van der Waals surface area contributed by atoms with Crippen LogP contribution in [0, 0.1) is 0 Å². The van der Waals surface area contributed by atoms with E-state index in [0.29, 0.717) is 0 Å². The lowest BCUT2D eigenvalue weighted by molar-refractivity contribution is -0.264. The highest BCUT2D eigenvalue weighted by atomic mass is 19.4. The first kappa shape index (κ1) is 9.27. The van der Waals surface area contributed by atoms with Crippen molar-refractivity contribution in [3.8, 4) is 0 Å². The van der Waals surface area contributed by atoms with E-state index >= 15 is 0 Å². The Labute approximate surface area is 65.7 Å². The monoisotopic (exact) mass is 184 g/mol. The van der Waals surface area contributed by atoms with E-state index in [4.69, 9.17) is 5.11 Å². The van der Waals surface area contributed by atoms with Crippen molar-refractivity contribution in [2.75, 3.05) is 13.1 Å².